The molecule has 28 heavy (non-hydrogen) atoms. The Morgan fingerprint density at radius 3 is 2.50 bits per heavy atom. The van der Waals surface area contributed by atoms with Crippen molar-refractivity contribution < 1.29 is 9.59 Å². The largest absolute Gasteiger partial charge is 0.339 e. The molecule has 0 spiro atoms. The number of amides is 2. The Kier molecular flexibility index (Phi) is 5.89. The third kappa shape index (κ3) is 4.46. The van der Waals surface area contributed by atoms with Gasteiger partial charge in [-0.25, -0.2) is 4.68 Å². The Bertz CT molecular complexity index is 979. The van der Waals surface area contributed by atoms with Crippen LogP contribution in [0.15, 0.2) is 60.7 Å². The van der Waals surface area contributed by atoms with E-state index in [-0.39, 0.29) is 11.8 Å². The summed E-state index contributed by atoms with van der Waals surface area (Å²) in [6.07, 6.45) is 0. The van der Waals surface area contributed by atoms with Crippen LogP contribution in [0.25, 0.3) is 5.69 Å². The molecule has 3 rings (SSSR count). The number of benzene rings is 2. The Hall–Kier alpha value is -3.41. The number of nitrogens with one attached hydrogen (secondary N) is 1. The van der Waals surface area contributed by atoms with Crippen molar-refractivity contribution in [2.24, 2.45) is 0 Å². The predicted molar refractivity (Wildman–Crippen MR) is 109 cm³/mol. The molecule has 0 unspecified atom stereocenters. The second-order valence-corrected chi connectivity index (χ2v) is 6.61. The van der Waals surface area contributed by atoms with Crippen LogP contribution in [0.3, 0.4) is 0 Å². The van der Waals surface area contributed by atoms with Crippen LogP contribution in [-0.4, -0.2) is 33.0 Å². The number of anilines is 1. The van der Waals surface area contributed by atoms with Crippen LogP contribution < -0.4 is 5.32 Å². The molecule has 6 nitrogen and oxygen atoms in total. The standard InChI is InChI=1S/C22H24N4O2/c1-4-25(17(3)27)15-18-9-8-10-19(14-18)23-22(28)21-13-16(2)26(24-21)20-11-6-5-7-12-20/h5-14H,4,15H2,1-3H3,(H,23,28). The van der Waals surface area contributed by atoms with Gasteiger partial charge in [0, 0.05) is 31.4 Å². The normalized spacial score (nSPS) is 10.5. The van der Waals surface area contributed by atoms with E-state index in [1.54, 1.807) is 22.6 Å². The number of nitrogens with zero attached hydrogens (tertiary/aromatic N) is 3. The molecule has 0 bridgehead atoms. The first-order chi connectivity index (χ1) is 13.5. The highest BCUT2D eigenvalue weighted by molar-refractivity contribution is 6.03. The van der Waals surface area contributed by atoms with Gasteiger partial charge in [0.2, 0.25) is 5.91 Å². The summed E-state index contributed by atoms with van der Waals surface area (Å²) in [5, 5.41) is 7.33. The highest BCUT2D eigenvalue weighted by atomic mass is 16.2. The molecule has 0 aliphatic carbocycles. The Morgan fingerprint density at radius 2 is 1.82 bits per heavy atom. The van der Waals surface area contributed by atoms with Gasteiger partial charge in [-0.2, -0.15) is 5.10 Å². The summed E-state index contributed by atoms with van der Waals surface area (Å²) in [5.41, 5.74) is 3.77. The van der Waals surface area contributed by atoms with E-state index in [2.05, 4.69) is 10.4 Å². The van der Waals surface area contributed by atoms with Crippen molar-refractivity contribution in [3.63, 3.8) is 0 Å². The maximum absolute atomic E-state index is 12.7. The van der Waals surface area contributed by atoms with Crippen LogP contribution in [-0.2, 0) is 11.3 Å². The van der Waals surface area contributed by atoms with Crippen molar-refractivity contribution in [3.05, 3.63) is 77.6 Å². The molecule has 0 saturated carbocycles. The molecule has 1 heterocycles. The van der Waals surface area contributed by atoms with Gasteiger partial charge in [-0.1, -0.05) is 30.3 Å². The van der Waals surface area contributed by atoms with E-state index in [9.17, 15) is 9.59 Å². The fourth-order valence-electron chi connectivity index (χ4n) is 3.02. The summed E-state index contributed by atoms with van der Waals surface area (Å²) in [4.78, 5) is 26.0. The van der Waals surface area contributed by atoms with Crippen molar-refractivity contribution >= 4 is 17.5 Å². The minimum atomic E-state index is -0.270. The summed E-state index contributed by atoms with van der Waals surface area (Å²) in [5.74, 6) is -0.243. The van der Waals surface area contributed by atoms with Crippen molar-refractivity contribution in [1.82, 2.24) is 14.7 Å². The lowest BCUT2D eigenvalue weighted by Gasteiger charge is -2.19. The number of hydrogen-bond acceptors (Lipinski definition) is 3. The van der Waals surface area contributed by atoms with Crippen molar-refractivity contribution in [1.29, 1.82) is 0 Å². The monoisotopic (exact) mass is 376 g/mol. The van der Waals surface area contributed by atoms with Crippen LogP contribution in [0.4, 0.5) is 5.69 Å². The molecule has 1 N–H and O–H groups in total. The molecule has 2 amide bonds. The van der Waals surface area contributed by atoms with Crippen molar-refractivity contribution in [2.75, 3.05) is 11.9 Å². The third-order valence-corrected chi connectivity index (χ3v) is 4.51. The van der Waals surface area contributed by atoms with Gasteiger partial charge in [0.25, 0.3) is 5.91 Å². The molecular weight excluding hydrogens is 352 g/mol. The molecule has 0 radical (unpaired) electrons. The lowest BCUT2D eigenvalue weighted by Crippen LogP contribution is -2.27. The molecule has 0 fully saturated rings. The SMILES string of the molecule is CCN(Cc1cccc(NC(=O)c2cc(C)n(-c3ccccc3)n2)c1)C(C)=O. The van der Waals surface area contributed by atoms with E-state index < -0.39 is 0 Å². The van der Waals surface area contributed by atoms with Gasteiger partial charge in [-0.3, -0.25) is 9.59 Å². The maximum atomic E-state index is 12.7. The van der Waals surface area contributed by atoms with Crippen LogP contribution in [0.1, 0.15) is 35.6 Å². The van der Waals surface area contributed by atoms with E-state index in [1.807, 2.05) is 68.4 Å². The van der Waals surface area contributed by atoms with Gasteiger partial charge >= 0.3 is 0 Å². The molecular formula is C22H24N4O2. The number of aryl methyl sites for hydroxylation is 1. The highest BCUT2D eigenvalue weighted by Gasteiger charge is 2.14. The number of aromatic nitrogens is 2. The molecule has 0 aliphatic rings. The zero-order valence-electron chi connectivity index (χ0n) is 16.3. The number of rotatable bonds is 6. The summed E-state index contributed by atoms with van der Waals surface area (Å²) in [6.45, 7) is 6.57. The van der Waals surface area contributed by atoms with Gasteiger partial charge in [-0.15, -0.1) is 0 Å². The lowest BCUT2D eigenvalue weighted by atomic mass is 10.2. The number of carbonyl (C=O) groups excluding carboxylic acids is 2. The zero-order valence-corrected chi connectivity index (χ0v) is 16.3. The van der Waals surface area contributed by atoms with Gasteiger partial charge in [0.1, 0.15) is 0 Å². The Balaban J connectivity index is 1.75. The van der Waals surface area contributed by atoms with Crippen molar-refractivity contribution in [2.45, 2.75) is 27.3 Å². The Labute approximate surface area is 164 Å². The molecule has 2 aromatic carbocycles. The first-order valence-corrected chi connectivity index (χ1v) is 9.26. The molecule has 0 aliphatic heterocycles. The fourth-order valence-corrected chi connectivity index (χ4v) is 3.02. The molecule has 6 heteroatoms. The topological polar surface area (TPSA) is 67.2 Å². The highest BCUT2D eigenvalue weighted by Crippen LogP contribution is 2.16. The van der Waals surface area contributed by atoms with E-state index in [1.165, 1.54) is 0 Å². The molecule has 0 saturated heterocycles. The summed E-state index contributed by atoms with van der Waals surface area (Å²) in [6, 6.07) is 19.0. The quantitative estimate of drug-likeness (QED) is 0.711. The number of carbonyl (C=O) groups is 2. The minimum absolute atomic E-state index is 0.0267. The van der Waals surface area contributed by atoms with Crippen LogP contribution >= 0.6 is 0 Å². The molecule has 144 valence electrons. The molecule has 3 aromatic rings. The smallest absolute Gasteiger partial charge is 0.276 e. The maximum Gasteiger partial charge on any atom is 0.276 e. The zero-order chi connectivity index (χ0) is 20.1. The predicted octanol–water partition coefficient (Wildman–Crippen LogP) is 3.80. The summed E-state index contributed by atoms with van der Waals surface area (Å²) in [7, 11) is 0. The van der Waals surface area contributed by atoms with E-state index in [0.29, 0.717) is 24.5 Å². The van der Waals surface area contributed by atoms with Gasteiger partial charge < -0.3 is 10.2 Å². The van der Waals surface area contributed by atoms with Crippen molar-refractivity contribution in [3.8, 4) is 5.69 Å². The second-order valence-electron chi connectivity index (χ2n) is 6.61. The van der Waals surface area contributed by atoms with Crippen LogP contribution in [0.5, 0.6) is 0 Å². The average molecular weight is 376 g/mol. The van der Waals surface area contributed by atoms with Gasteiger partial charge in [0.15, 0.2) is 5.69 Å². The second kappa shape index (κ2) is 8.52. The van der Waals surface area contributed by atoms with Gasteiger partial charge in [0.05, 0.1) is 5.69 Å². The Morgan fingerprint density at radius 1 is 1.07 bits per heavy atom. The van der Waals surface area contributed by atoms with Crippen LogP contribution in [0.2, 0.25) is 0 Å². The van der Waals surface area contributed by atoms with E-state index in [0.717, 1.165) is 16.9 Å². The molecule has 1 aromatic heterocycles. The average Bonchev–Trinajstić information content (AvgIpc) is 3.09. The first kappa shape index (κ1) is 19.4. The molecule has 0 atom stereocenters. The third-order valence-electron chi connectivity index (χ3n) is 4.51. The van der Waals surface area contributed by atoms with E-state index in [4.69, 9.17) is 0 Å². The number of hydrogen-bond donors (Lipinski definition) is 1. The fraction of sp³-hybridized carbons (Fsp3) is 0.227. The summed E-state index contributed by atoms with van der Waals surface area (Å²) >= 11 is 0. The lowest BCUT2D eigenvalue weighted by molar-refractivity contribution is -0.129. The summed E-state index contributed by atoms with van der Waals surface area (Å²) < 4.78 is 1.75. The minimum Gasteiger partial charge on any atom is -0.339 e. The first-order valence-electron chi connectivity index (χ1n) is 9.26. The van der Waals surface area contributed by atoms with Crippen LogP contribution in [0, 0.1) is 6.92 Å². The van der Waals surface area contributed by atoms with Gasteiger partial charge in [-0.05, 0) is 49.7 Å². The number of para-hydroxylation sites is 1. The van der Waals surface area contributed by atoms with E-state index >= 15 is 0 Å².